The molecule has 2 amide bonds. The number of aliphatic hydroxyl groups is 1. The fraction of sp³-hybridized carbons (Fsp3) is 0.375. The summed E-state index contributed by atoms with van der Waals surface area (Å²) < 4.78 is 9.91. The van der Waals surface area contributed by atoms with Crippen molar-refractivity contribution >= 4 is 18.0 Å². The normalized spacial score (nSPS) is 13.3. The lowest BCUT2D eigenvalue weighted by atomic mass is 10.0. The Morgan fingerprint density at radius 2 is 1.53 bits per heavy atom. The van der Waals surface area contributed by atoms with Crippen LogP contribution in [0.5, 0.6) is 0 Å². The van der Waals surface area contributed by atoms with E-state index in [-0.39, 0.29) is 6.61 Å². The number of rotatable bonds is 11. The van der Waals surface area contributed by atoms with Crippen molar-refractivity contribution in [2.45, 2.75) is 51.0 Å². The zero-order valence-electron chi connectivity index (χ0n) is 18.3. The lowest BCUT2D eigenvalue weighted by Crippen LogP contribution is -2.55. The summed E-state index contributed by atoms with van der Waals surface area (Å²) in [6, 6.07) is 16.6. The number of alkyl carbamates (subject to hydrolysis) is 1. The molecule has 8 heteroatoms. The molecule has 172 valence electrons. The van der Waals surface area contributed by atoms with Gasteiger partial charge >= 0.3 is 12.1 Å². The van der Waals surface area contributed by atoms with E-state index in [0.29, 0.717) is 12.8 Å². The van der Waals surface area contributed by atoms with Crippen molar-refractivity contribution in [2.75, 3.05) is 7.11 Å². The van der Waals surface area contributed by atoms with Crippen LogP contribution in [0, 0.1) is 0 Å². The molecule has 2 aromatic carbocycles. The minimum Gasteiger partial charge on any atom is -0.467 e. The number of aryl methyl sites for hydroxylation is 1. The third kappa shape index (κ3) is 8.39. The average molecular weight is 443 g/mol. The molecule has 0 fully saturated rings. The molecule has 0 heterocycles. The van der Waals surface area contributed by atoms with Crippen molar-refractivity contribution in [2.24, 2.45) is 0 Å². The summed E-state index contributed by atoms with van der Waals surface area (Å²) in [6.07, 6.45) is -0.349. The molecule has 0 bridgehead atoms. The molecule has 0 unspecified atom stereocenters. The lowest BCUT2D eigenvalue weighted by Gasteiger charge is -2.23. The summed E-state index contributed by atoms with van der Waals surface area (Å²) in [5, 5.41) is 14.9. The van der Waals surface area contributed by atoms with Crippen LogP contribution in [0.25, 0.3) is 0 Å². The molecule has 0 aliphatic heterocycles. The van der Waals surface area contributed by atoms with Crippen molar-refractivity contribution < 1.29 is 29.0 Å². The molecule has 0 aromatic heterocycles. The van der Waals surface area contributed by atoms with E-state index in [2.05, 4.69) is 10.6 Å². The maximum Gasteiger partial charge on any atom is 0.408 e. The molecular weight excluding hydrogens is 412 g/mol. The van der Waals surface area contributed by atoms with Crippen molar-refractivity contribution in [3.05, 3.63) is 71.8 Å². The van der Waals surface area contributed by atoms with Gasteiger partial charge in [-0.2, -0.15) is 0 Å². The van der Waals surface area contributed by atoms with E-state index in [9.17, 15) is 19.5 Å². The molecule has 0 aliphatic rings. The molecule has 0 radical (unpaired) electrons. The molecule has 3 N–H and O–H groups in total. The first-order valence-corrected chi connectivity index (χ1v) is 10.5. The largest absolute Gasteiger partial charge is 0.467 e. The Kier molecular flexibility index (Phi) is 10.2. The summed E-state index contributed by atoms with van der Waals surface area (Å²) in [6.45, 7) is 1.38. The predicted octanol–water partition coefficient (Wildman–Crippen LogP) is 2.34. The summed E-state index contributed by atoms with van der Waals surface area (Å²) in [5.74, 6) is -1.30. The first-order valence-electron chi connectivity index (χ1n) is 10.5. The minimum absolute atomic E-state index is 0.0189. The van der Waals surface area contributed by atoms with E-state index >= 15 is 0 Å². The van der Waals surface area contributed by atoms with Gasteiger partial charge in [0, 0.05) is 0 Å². The number of methoxy groups -OCH3 is 1. The molecule has 0 aliphatic carbocycles. The Bertz CT molecular complexity index is 857. The van der Waals surface area contributed by atoms with Gasteiger partial charge in [0.25, 0.3) is 0 Å². The predicted molar refractivity (Wildman–Crippen MR) is 119 cm³/mol. The van der Waals surface area contributed by atoms with E-state index in [1.165, 1.54) is 14.0 Å². The molecule has 0 spiro atoms. The molecule has 0 saturated carbocycles. The zero-order chi connectivity index (χ0) is 23.3. The van der Waals surface area contributed by atoms with E-state index in [1.807, 2.05) is 48.5 Å². The van der Waals surface area contributed by atoms with Gasteiger partial charge in [0.1, 0.15) is 18.7 Å². The standard InChI is InChI=1S/C24H30N2O6/c1-17(27)21(26-24(30)32-16-19-12-7-4-8-13-19)22(28)25-20(23(29)31-2)15-9-14-18-10-5-3-6-11-18/h3-8,10-13,17,20-21,27H,9,14-16H2,1-2H3,(H,25,28)(H,26,30)/t17-,20-,21+/m1/s1. The van der Waals surface area contributed by atoms with Gasteiger partial charge in [0.05, 0.1) is 13.2 Å². The Morgan fingerprint density at radius 1 is 0.938 bits per heavy atom. The van der Waals surface area contributed by atoms with Crippen LogP contribution in [0.3, 0.4) is 0 Å². The third-order valence-corrected chi connectivity index (χ3v) is 4.85. The van der Waals surface area contributed by atoms with Crippen LogP contribution in [-0.4, -0.2) is 48.4 Å². The number of amides is 2. The number of esters is 1. The molecule has 8 nitrogen and oxygen atoms in total. The van der Waals surface area contributed by atoms with Crippen molar-refractivity contribution in [3.63, 3.8) is 0 Å². The number of hydrogen-bond acceptors (Lipinski definition) is 6. The van der Waals surface area contributed by atoms with Gasteiger partial charge in [-0.15, -0.1) is 0 Å². The lowest BCUT2D eigenvalue weighted by molar-refractivity contribution is -0.145. The van der Waals surface area contributed by atoms with Gasteiger partial charge in [0.15, 0.2) is 0 Å². The van der Waals surface area contributed by atoms with Gasteiger partial charge < -0.3 is 25.2 Å². The number of carbonyl (C=O) groups is 3. The first kappa shape index (κ1) is 24.9. The number of carbonyl (C=O) groups excluding carboxylic acids is 3. The number of nitrogens with one attached hydrogen (secondary N) is 2. The molecule has 3 atom stereocenters. The number of ether oxygens (including phenoxy) is 2. The number of aliphatic hydroxyl groups excluding tert-OH is 1. The van der Waals surface area contributed by atoms with Crippen LogP contribution in [0.15, 0.2) is 60.7 Å². The summed E-state index contributed by atoms with van der Waals surface area (Å²) in [5.41, 5.74) is 1.90. The highest BCUT2D eigenvalue weighted by atomic mass is 16.5. The molecule has 2 rings (SSSR count). The number of benzene rings is 2. The van der Waals surface area contributed by atoms with Crippen LogP contribution in [0.2, 0.25) is 0 Å². The van der Waals surface area contributed by atoms with E-state index in [4.69, 9.17) is 9.47 Å². The SMILES string of the molecule is COC(=O)[C@@H](CCCc1ccccc1)NC(=O)[C@@H](NC(=O)OCc1ccccc1)[C@@H](C)O. The quantitative estimate of drug-likeness (QED) is 0.460. The van der Waals surface area contributed by atoms with Crippen LogP contribution in [0.4, 0.5) is 4.79 Å². The maximum atomic E-state index is 12.7. The minimum atomic E-state index is -1.29. The second-order valence-electron chi connectivity index (χ2n) is 7.39. The molecular formula is C24H30N2O6. The summed E-state index contributed by atoms with van der Waals surface area (Å²) in [4.78, 5) is 37.0. The highest BCUT2D eigenvalue weighted by Crippen LogP contribution is 2.09. The van der Waals surface area contributed by atoms with E-state index in [1.54, 1.807) is 12.1 Å². The van der Waals surface area contributed by atoms with Crippen LogP contribution >= 0.6 is 0 Å². The molecule has 32 heavy (non-hydrogen) atoms. The van der Waals surface area contributed by atoms with Crippen LogP contribution < -0.4 is 10.6 Å². The zero-order valence-corrected chi connectivity index (χ0v) is 18.3. The molecule has 2 aromatic rings. The monoisotopic (exact) mass is 442 g/mol. The van der Waals surface area contributed by atoms with Gasteiger partial charge in [-0.05, 0) is 37.3 Å². The van der Waals surface area contributed by atoms with Crippen LogP contribution in [-0.2, 0) is 32.1 Å². The van der Waals surface area contributed by atoms with Crippen molar-refractivity contribution in [1.29, 1.82) is 0 Å². The van der Waals surface area contributed by atoms with Crippen molar-refractivity contribution in [1.82, 2.24) is 10.6 Å². The first-order chi connectivity index (χ1) is 15.4. The average Bonchev–Trinajstić information content (AvgIpc) is 2.81. The van der Waals surface area contributed by atoms with Gasteiger partial charge in [-0.3, -0.25) is 4.79 Å². The topological polar surface area (TPSA) is 114 Å². The van der Waals surface area contributed by atoms with Gasteiger partial charge in [-0.1, -0.05) is 60.7 Å². The fourth-order valence-corrected chi connectivity index (χ4v) is 3.10. The molecule has 0 saturated heterocycles. The highest BCUT2D eigenvalue weighted by Gasteiger charge is 2.30. The number of hydrogen-bond donors (Lipinski definition) is 3. The summed E-state index contributed by atoms with van der Waals surface area (Å²) >= 11 is 0. The van der Waals surface area contributed by atoms with E-state index in [0.717, 1.165) is 17.5 Å². The van der Waals surface area contributed by atoms with Gasteiger partial charge in [-0.25, -0.2) is 9.59 Å². The van der Waals surface area contributed by atoms with Crippen molar-refractivity contribution in [3.8, 4) is 0 Å². The Hall–Kier alpha value is -3.39. The maximum absolute atomic E-state index is 12.7. The Morgan fingerprint density at radius 3 is 2.09 bits per heavy atom. The smallest absolute Gasteiger partial charge is 0.408 e. The summed E-state index contributed by atoms with van der Waals surface area (Å²) in [7, 11) is 1.24. The highest BCUT2D eigenvalue weighted by molar-refractivity contribution is 5.90. The third-order valence-electron chi connectivity index (χ3n) is 4.85. The Balaban J connectivity index is 1.91. The second-order valence-corrected chi connectivity index (χ2v) is 7.39. The second kappa shape index (κ2) is 13.1. The fourth-order valence-electron chi connectivity index (χ4n) is 3.10. The van der Waals surface area contributed by atoms with E-state index < -0.39 is 36.2 Å². The Labute approximate surface area is 187 Å². The van der Waals surface area contributed by atoms with Crippen LogP contribution in [0.1, 0.15) is 30.9 Å². The van der Waals surface area contributed by atoms with Gasteiger partial charge in [0.2, 0.25) is 5.91 Å².